The van der Waals surface area contributed by atoms with E-state index in [2.05, 4.69) is 5.16 Å². The highest BCUT2D eigenvalue weighted by Gasteiger charge is 2.35. The first-order chi connectivity index (χ1) is 12.6. The summed E-state index contributed by atoms with van der Waals surface area (Å²) in [5.74, 6) is 0.549. The van der Waals surface area contributed by atoms with Crippen molar-refractivity contribution >= 4 is 5.91 Å². The second-order valence-corrected chi connectivity index (χ2v) is 6.43. The lowest BCUT2D eigenvalue weighted by Crippen LogP contribution is -2.38. The summed E-state index contributed by atoms with van der Waals surface area (Å²) in [5, 5.41) is 14.3. The number of benzene rings is 1. The fraction of sp³-hybridized carbons (Fsp3) is 0.474. The predicted octanol–water partition coefficient (Wildman–Crippen LogP) is 2.65. The van der Waals surface area contributed by atoms with Gasteiger partial charge in [-0.15, -0.1) is 0 Å². The first-order valence-electron chi connectivity index (χ1n) is 8.68. The van der Waals surface area contributed by atoms with Crippen LogP contribution in [-0.2, 0) is 4.74 Å². The van der Waals surface area contributed by atoms with Crippen LogP contribution in [0, 0.1) is 0 Å². The smallest absolute Gasteiger partial charge is 0.293 e. The van der Waals surface area contributed by atoms with Crippen molar-refractivity contribution < 1.29 is 23.9 Å². The number of aliphatic hydroxyl groups excluding tert-OH is 1. The number of amides is 1. The maximum absolute atomic E-state index is 13.0. The summed E-state index contributed by atoms with van der Waals surface area (Å²) in [6, 6.07) is 7.25. The van der Waals surface area contributed by atoms with Crippen molar-refractivity contribution in [3.8, 4) is 17.0 Å². The number of methoxy groups -OCH3 is 2. The Morgan fingerprint density at radius 3 is 2.73 bits per heavy atom. The molecule has 1 N–H and O–H groups in total. The molecule has 1 fully saturated rings. The van der Waals surface area contributed by atoms with Gasteiger partial charge in [0.2, 0.25) is 5.76 Å². The van der Waals surface area contributed by atoms with Crippen LogP contribution in [0.3, 0.4) is 0 Å². The number of hydrogen-bond acceptors (Lipinski definition) is 6. The molecule has 2 aromatic rings. The molecule has 0 unspecified atom stereocenters. The van der Waals surface area contributed by atoms with E-state index < -0.39 is 6.10 Å². The van der Waals surface area contributed by atoms with E-state index >= 15 is 0 Å². The highest BCUT2D eigenvalue weighted by Crippen LogP contribution is 2.33. The van der Waals surface area contributed by atoms with E-state index in [1.165, 1.54) is 0 Å². The molecular weight excluding hydrogens is 336 g/mol. The lowest BCUT2D eigenvalue weighted by atomic mass is 10.0. The normalized spacial score (nSPS) is 18.2. The van der Waals surface area contributed by atoms with Crippen LogP contribution in [0.1, 0.15) is 42.0 Å². The number of rotatable bonds is 6. The van der Waals surface area contributed by atoms with Crippen LogP contribution in [0.2, 0.25) is 0 Å². The van der Waals surface area contributed by atoms with Crippen LogP contribution in [-0.4, -0.2) is 54.5 Å². The fourth-order valence-electron chi connectivity index (χ4n) is 3.40. The highest BCUT2D eigenvalue weighted by molar-refractivity contribution is 5.95. The summed E-state index contributed by atoms with van der Waals surface area (Å²) >= 11 is 0. The molecule has 0 aliphatic carbocycles. The molecule has 0 saturated carbocycles. The summed E-state index contributed by atoms with van der Waals surface area (Å²) in [6.07, 6.45) is 0.924. The molecule has 0 bridgehead atoms. The van der Waals surface area contributed by atoms with Gasteiger partial charge in [-0.2, -0.15) is 0 Å². The van der Waals surface area contributed by atoms with E-state index in [-0.39, 0.29) is 17.7 Å². The van der Waals surface area contributed by atoms with Gasteiger partial charge in [-0.3, -0.25) is 4.79 Å². The average Bonchev–Trinajstić information content (AvgIpc) is 3.28. The number of aliphatic hydroxyl groups is 1. The Morgan fingerprint density at radius 2 is 2.12 bits per heavy atom. The molecule has 0 radical (unpaired) electrons. The summed E-state index contributed by atoms with van der Waals surface area (Å²) in [6.45, 7) is 2.73. The number of nitrogens with zero attached hydrogens (tertiary/aromatic N) is 2. The van der Waals surface area contributed by atoms with E-state index in [1.807, 2.05) is 12.1 Å². The lowest BCUT2D eigenvalue weighted by molar-refractivity contribution is 0.0585. The Kier molecular flexibility index (Phi) is 5.58. The number of likely N-dealkylation sites (tertiary alicyclic amines) is 1. The van der Waals surface area contributed by atoms with E-state index in [9.17, 15) is 9.90 Å². The van der Waals surface area contributed by atoms with Crippen molar-refractivity contribution in [1.82, 2.24) is 10.1 Å². The zero-order valence-electron chi connectivity index (χ0n) is 15.3. The third-order valence-electron chi connectivity index (χ3n) is 4.70. The van der Waals surface area contributed by atoms with Gasteiger partial charge < -0.3 is 24.0 Å². The Morgan fingerprint density at radius 1 is 1.38 bits per heavy atom. The summed E-state index contributed by atoms with van der Waals surface area (Å²) in [5.41, 5.74) is 1.62. The summed E-state index contributed by atoms with van der Waals surface area (Å²) < 4.78 is 15.8. The summed E-state index contributed by atoms with van der Waals surface area (Å²) in [7, 11) is 3.22. The minimum atomic E-state index is -0.888. The van der Waals surface area contributed by atoms with Crippen molar-refractivity contribution in [3.63, 3.8) is 0 Å². The fourth-order valence-corrected chi connectivity index (χ4v) is 3.40. The third kappa shape index (κ3) is 3.45. The second kappa shape index (κ2) is 7.88. The molecule has 2 atom stereocenters. The maximum Gasteiger partial charge on any atom is 0.293 e. The van der Waals surface area contributed by atoms with Gasteiger partial charge in [0.25, 0.3) is 5.91 Å². The second-order valence-electron chi connectivity index (χ2n) is 6.43. The third-order valence-corrected chi connectivity index (χ3v) is 4.70. The van der Waals surface area contributed by atoms with Crippen molar-refractivity contribution in [2.75, 3.05) is 27.4 Å². The SMILES string of the molecule is COC[C@H]1CCCN1C(=O)c1onc(-c2ccc(OC)cc2)c1[C@H](C)O. The number of hydrogen-bond donors (Lipinski definition) is 1. The van der Waals surface area contributed by atoms with Gasteiger partial charge in [0.05, 0.1) is 31.4 Å². The zero-order valence-corrected chi connectivity index (χ0v) is 15.3. The molecule has 140 valence electrons. The monoisotopic (exact) mass is 360 g/mol. The molecule has 1 aliphatic rings. The molecular formula is C19H24N2O5. The van der Waals surface area contributed by atoms with Gasteiger partial charge in [-0.25, -0.2) is 0 Å². The van der Waals surface area contributed by atoms with Gasteiger partial charge in [0.1, 0.15) is 11.4 Å². The molecule has 7 heteroatoms. The van der Waals surface area contributed by atoms with Crippen LogP contribution >= 0.6 is 0 Å². The van der Waals surface area contributed by atoms with Crippen molar-refractivity contribution in [1.29, 1.82) is 0 Å². The standard InChI is InChI=1S/C19H24N2O5/c1-12(22)16-17(13-6-8-15(25-3)9-7-13)20-26-18(16)19(23)21-10-4-5-14(21)11-24-2/h6-9,12,14,22H,4-5,10-11H2,1-3H3/t12-,14+/m0/s1. The van der Waals surface area contributed by atoms with Crippen LogP contribution in [0.5, 0.6) is 5.75 Å². The van der Waals surface area contributed by atoms with Crippen LogP contribution in [0.4, 0.5) is 0 Å². The molecule has 3 rings (SSSR count). The molecule has 7 nitrogen and oxygen atoms in total. The topological polar surface area (TPSA) is 85.0 Å². The first kappa shape index (κ1) is 18.4. The minimum absolute atomic E-state index is 0.0175. The molecule has 1 saturated heterocycles. The summed E-state index contributed by atoms with van der Waals surface area (Å²) in [4.78, 5) is 14.8. The zero-order chi connectivity index (χ0) is 18.7. The lowest BCUT2D eigenvalue weighted by Gasteiger charge is -2.23. The molecule has 1 amide bonds. The Labute approximate surface area is 152 Å². The molecule has 26 heavy (non-hydrogen) atoms. The number of aromatic nitrogens is 1. The Balaban J connectivity index is 1.95. The Hall–Kier alpha value is -2.38. The molecule has 1 aromatic carbocycles. The quantitative estimate of drug-likeness (QED) is 0.852. The Bertz CT molecular complexity index is 754. The van der Waals surface area contributed by atoms with E-state index in [0.29, 0.717) is 30.2 Å². The maximum atomic E-state index is 13.0. The number of carbonyl (C=O) groups is 1. The highest BCUT2D eigenvalue weighted by atomic mass is 16.5. The van der Waals surface area contributed by atoms with Gasteiger partial charge in [0.15, 0.2) is 0 Å². The molecule has 2 heterocycles. The van der Waals surface area contributed by atoms with Crippen LogP contribution in [0.15, 0.2) is 28.8 Å². The average molecular weight is 360 g/mol. The van der Waals surface area contributed by atoms with E-state index in [1.54, 1.807) is 38.2 Å². The van der Waals surface area contributed by atoms with Gasteiger partial charge >= 0.3 is 0 Å². The van der Waals surface area contributed by atoms with Crippen molar-refractivity contribution in [3.05, 3.63) is 35.6 Å². The molecule has 1 aliphatic heterocycles. The largest absolute Gasteiger partial charge is 0.497 e. The molecule has 1 aromatic heterocycles. The van der Waals surface area contributed by atoms with Gasteiger partial charge in [-0.05, 0) is 44.0 Å². The van der Waals surface area contributed by atoms with Crippen LogP contribution in [0.25, 0.3) is 11.3 Å². The minimum Gasteiger partial charge on any atom is -0.497 e. The van der Waals surface area contributed by atoms with Gasteiger partial charge in [0, 0.05) is 19.2 Å². The van der Waals surface area contributed by atoms with Crippen LogP contribution < -0.4 is 4.74 Å². The predicted molar refractivity (Wildman–Crippen MR) is 95.1 cm³/mol. The first-order valence-corrected chi connectivity index (χ1v) is 8.68. The van der Waals surface area contributed by atoms with Gasteiger partial charge in [-0.1, -0.05) is 5.16 Å². The number of ether oxygens (including phenoxy) is 2. The van der Waals surface area contributed by atoms with Crippen molar-refractivity contribution in [2.24, 2.45) is 0 Å². The van der Waals surface area contributed by atoms with E-state index in [4.69, 9.17) is 14.0 Å². The van der Waals surface area contributed by atoms with Crippen molar-refractivity contribution in [2.45, 2.75) is 31.9 Å². The molecule has 0 spiro atoms. The number of carbonyl (C=O) groups excluding carboxylic acids is 1. The van der Waals surface area contributed by atoms with E-state index in [0.717, 1.165) is 18.4 Å².